The second-order valence-corrected chi connectivity index (χ2v) is 11.2. The monoisotopic (exact) mass is 474 g/mol. The van der Waals surface area contributed by atoms with Crippen LogP contribution in [0.15, 0.2) is 35.4 Å². The van der Waals surface area contributed by atoms with Crippen LogP contribution in [0.5, 0.6) is 0 Å². The Morgan fingerprint density at radius 1 is 1.06 bits per heavy atom. The fourth-order valence-electron chi connectivity index (χ4n) is 5.97. The van der Waals surface area contributed by atoms with E-state index in [1.807, 2.05) is 0 Å². The topological polar surface area (TPSA) is 17.1 Å². The minimum absolute atomic E-state index is 0.00601. The number of hydrogen-bond acceptors (Lipinski definition) is 1. The molecule has 1 saturated carbocycles. The molecular formula is C34H50O. The molecule has 1 nitrogen and oxygen atoms in total. The quantitative estimate of drug-likeness (QED) is 0.114. The van der Waals surface area contributed by atoms with Crippen molar-refractivity contribution in [1.29, 1.82) is 0 Å². The van der Waals surface area contributed by atoms with Gasteiger partial charge >= 0.3 is 0 Å². The van der Waals surface area contributed by atoms with Gasteiger partial charge in [-0.15, -0.1) is 6.42 Å². The second kappa shape index (κ2) is 14.5. The number of terminal acetylenes is 1. The molecule has 1 aliphatic carbocycles. The minimum atomic E-state index is -0.261. The number of aldehydes is 1. The maximum atomic E-state index is 12.0. The molecule has 2 rings (SSSR count). The molecule has 0 bridgehead atoms. The SMILES string of the molecule is C#C/C(=C(/Cc1ccc(CCCCCCCCCC)c(C)c1C)C(=C)C)C1(C)CCCCC1C=O. The normalized spacial score (nSPS) is 20.7. The Hall–Kier alpha value is -2.07. The first-order chi connectivity index (χ1) is 16.8. The molecule has 0 radical (unpaired) electrons. The van der Waals surface area contributed by atoms with Gasteiger partial charge in [-0.25, -0.2) is 0 Å². The van der Waals surface area contributed by atoms with Crippen LogP contribution in [0.3, 0.4) is 0 Å². The van der Waals surface area contributed by atoms with Gasteiger partial charge < -0.3 is 4.79 Å². The van der Waals surface area contributed by atoms with Gasteiger partial charge in [0.05, 0.1) is 0 Å². The van der Waals surface area contributed by atoms with Crippen LogP contribution in [0.1, 0.15) is 120 Å². The van der Waals surface area contributed by atoms with E-state index in [0.29, 0.717) is 0 Å². The molecule has 0 amide bonds. The summed E-state index contributed by atoms with van der Waals surface area (Å²) in [5.74, 6) is 3.03. The molecule has 0 aliphatic heterocycles. The number of carbonyl (C=O) groups excluding carboxylic acids is 1. The molecule has 0 N–H and O–H groups in total. The predicted molar refractivity (Wildman–Crippen MR) is 153 cm³/mol. The summed E-state index contributed by atoms with van der Waals surface area (Å²) in [6.07, 6.45) is 24.2. The zero-order chi connectivity index (χ0) is 25.8. The molecule has 0 saturated heterocycles. The number of hydrogen-bond donors (Lipinski definition) is 0. The van der Waals surface area contributed by atoms with E-state index in [9.17, 15) is 4.79 Å². The van der Waals surface area contributed by atoms with Crippen LogP contribution in [0, 0.1) is 37.5 Å². The van der Waals surface area contributed by atoms with E-state index in [2.05, 4.69) is 59.3 Å². The van der Waals surface area contributed by atoms with Gasteiger partial charge in [0, 0.05) is 16.9 Å². The third kappa shape index (κ3) is 7.70. The summed E-state index contributed by atoms with van der Waals surface area (Å²) in [6.45, 7) is 15.4. The van der Waals surface area contributed by atoms with E-state index in [1.165, 1.54) is 80.0 Å². The number of aryl methyl sites for hydroxylation is 1. The van der Waals surface area contributed by atoms with Gasteiger partial charge in [0.25, 0.3) is 0 Å². The largest absolute Gasteiger partial charge is 0.303 e. The molecule has 0 spiro atoms. The average Bonchev–Trinajstić information content (AvgIpc) is 2.84. The summed E-state index contributed by atoms with van der Waals surface area (Å²) in [5, 5.41) is 0. The van der Waals surface area contributed by atoms with Crippen molar-refractivity contribution < 1.29 is 4.79 Å². The van der Waals surface area contributed by atoms with Gasteiger partial charge in [-0.3, -0.25) is 0 Å². The molecule has 1 aromatic rings. The highest BCUT2D eigenvalue weighted by molar-refractivity contribution is 5.60. The lowest BCUT2D eigenvalue weighted by Crippen LogP contribution is -2.34. The molecule has 2 unspecified atom stereocenters. The van der Waals surface area contributed by atoms with Crippen LogP contribution in [0.2, 0.25) is 0 Å². The zero-order valence-electron chi connectivity index (χ0n) is 23.4. The molecule has 192 valence electrons. The fraction of sp³-hybridized carbons (Fsp3) is 0.618. The molecule has 1 fully saturated rings. The first-order valence-electron chi connectivity index (χ1n) is 14.2. The van der Waals surface area contributed by atoms with E-state index < -0.39 is 0 Å². The predicted octanol–water partition coefficient (Wildman–Crippen LogP) is 9.43. The van der Waals surface area contributed by atoms with Crippen molar-refractivity contribution in [2.75, 3.05) is 0 Å². The third-order valence-corrected chi connectivity index (χ3v) is 8.65. The van der Waals surface area contributed by atoms with Crippen molar-refractivity contribution in [2.45, 2.75) is 125 Å². The fourth-order valence-corrected chi connectivity index (χ4v) is 5.97. The molecule has 35 heavy (non-hydrogen) atoms. The highest BCUT2D eigenvalue weighted by atomic mass is 16.1. The smallest absolute Gasteiger partial charge is 0.123 e. The van der Waals surface area contributed by atoms with Gasteiger partial charge in [0.2, 0.25) is 0 Å². The molecule has 0 aromatic heterocycles. The van der Waals surface area contributed by atoms with E-state index >= 15 is 0 Å². The molecule has 2 atom stereocenters. The van der Waals surface area contributed by atoms with Crippen LogP contribution in [0.4, 0.5) is 0 Å². The van der Waals surface area contributed by atoms with Crippen molar-refractivity contribution in [3.63, 3.8) is 0 Å². The lowest BCUT2D eigenvalue weighted by Gasteiger charge is -2.40. The Labute approximate surface area is 216 Å². The summed E-state index contributed by atoms with van der Waals surface area (Å²) in [7, 11) is 0. The molecule has 1 aromatic carbocycles. The number of rotatable bonds is 14. The standard InChI is InChI=1S/C34H50O/c1-8-10-11-12-13-14-15-16-19-29-21-22-30(28(6)27(29)5)24-32(26(3)4)33(9-2)34(7)23-18-17-20-31(34)25-35/h2,21-22,25,31H,3,8,10-20,23-24H2,1,4-7H3/b33-32+. The number of allylic oxidation sites excluding steroid dienone is 3. The second-order valence-electron chi connectivity index (χ2n) is 11.2. The third-order valence-electron chi connectivity index (χ3n) is 8.65. The lowest BCUT2D eigenvalue weighted by molar-refractivity contribution is -0.115. The van der Waals surface area contributed by atoms with E-state index in [1.54, 1.807) is 0 Å². The summed E-state index contributed by atoms with van der Waals surface area (Å²) in [6, 6.07) is 4.64. The summed E-state index contributed by atoms with van der Waals surface area (Å²) in [4.78, 5) is 12.0. The molecular weight excluding hydrogens is 424 g/mol. The Kier molecular flexibility index (Phi) is 12.1. The summed E-state index contributed by atoms with van der Waals surface area (Å²) >= 11 is 0. The first kappa shape index (κ1) is 29.2. The average molecular weight is 475 g/mol. The highest BCUT2D eigenvalue weighted by Gasteiger charge is 2.40. The van der Waals surface area contributed by atoms with Gasteiger partial charge in [-0.05, 0) is 80.7 Å². The summed E-state index contributed by atoms with van der Waals surface area (Å²) < 4.78 is 0. The Balaban J connectivity index is 2.16. The van der Waals surface area contributed by atoms with E-state index in [-0.39, 0.29) is 11.3 Å². The lowest BCUT2D eigenvalue weighted by atomic mass is 9.62. The van der Waals surface area contributed by atoms with E-state index in [0.717, 1.165) is 55.1 Å². The maximum absolute atomic E-state index is 12.0. The first-order valence-corrected chi connectivity index (χ1v) is 14.2. The molecule has 1 heteroatoms. The van der Waals surface area contributed by atoms with Crippen LogP contribution in [-0.2, 0) is 17.6 Å². The highest BCUT2D eigenvalue weighted by Crippen LogP contribution is 2.47. The van der Waals surface area contributed by atoms with Crippen molar-refractivity contribution in [3.8, 4) is 12.3 Å². The van der Waals surface area contributed by atoms with E-state index in [4.69, 9.17) is 6.42 Å². The van der Waals surface area contributed by atoms with Gasteiger partial charge in [0.15, 0.2) is 0 Å². The Morgan fingerprint density at radius 3 is 2.26 bits per heavy atom. The zero-order valence-corrected chi connectivity index (χ0v) is 23.4. The number of unbranched alkanes of at least 4 members (excludes halogenated alkanes) is 7. The van der Waals surface area contributed by atoms with Gasteiger partial charge in [-0.1, -0.05) is 102 Å². The van der Waals surface area contributed by atoms with Crippen molar-refractivity contribution in [2.24, 2.45) is 11.3 Å². The van der Waals surface area contributed by atoms with Crippen LogP contribution >= 0.6 is 0 Å². The number of benzene rings is 1. The van der Waals surface area contributed by atoms with Crippen LogP contribution in [-0.4, -0.2) is 6.29 Å². The molecule has 0 heterocycles. The van der Waals surface area contributed by atoms with Crippen molar-refractivity contribution in [1.82, 2.24) is 0 Å². The van der Waals surface area contributed by atoms with Crippen molar-refractivity contribution in [3.05, 3.63) is 57.7 Å². The number of carbonyl (C=O) groups is 1. The maximum Gasteiger partial charge on any atom is 0.123 e. The van der Waals surface area contributed by atoms with Gasteiger partial charge in [0.1, 0.15) is 6.29 Å². The summed E-state index contributed by atoms with van der Waals surface area (Å²) in [5.41, 5.74) is 8.52. The van der Waals surface area contributed by atoms with Crippen LogP contribution < -0.4 is 0 Å². The Morgan fingerprint density at radius 2 is 1.66 bits per heavy atom. The van der Waals surface area contributed by atoms with Crippen LogP contribution in [0.25, 0.3) is 0 Å². The molecule has 1 aliphatic rings. The van der Waals surface area contributed by atoms with Gasteiger partial charge in [-0.2, -0.15) is 0 Å². The Bertz CT molecular complexity index is 925. The minimum Gasteiger partial charge on any atom is -0.303 e. The van der Waals surface area contributed by atoms with Crippen molar-refractivity contribution >= 4 is 6.29 Å².